The van der Waals surface area contributed by atoms with Gasteiger partial charge in [-0.15, -0.1) is 0 Å². The van der Waals surface area contributed by atoms with Crippen molar-refractivity contribution in [3.05, 3.63) is 84.9 Å². The topological polar surface area (TPSA) is 71.1 Å². The predicted molar refractivity (Wildman–Crippen MR) is 109 cm³/mol. The van der Waals surface area contributed by atoms with Crippen LogP contribution in [0.1, 0.15) is 0 Å². The van der Waals surface area contributed by atoms with Crippen LogP contribution in [0.3, 0.4) is 0 Å². The number of benzene rings is 3. The molecule has 0 heterocycles. The van der Waals surface area contributed by atoms with E-state index in [0.29, 0.717) is 11.5 Å². The maximum atomic E-state index is 12.6. The van der Waals surface area contributed by atoms with E-state index in [1.54, 1.807) is 66.7 Å². The third kappa shape index (κ3) is 6.19. The molecule has 0 aliphatic carbocycles. The second kappa shape index (κ2) is 8.55. The number of para-hydroxylation sites is 2. The van der Waals surface area contributed by atoms with Crippen molar-refractivity contribution in [3.63, 3.8) is 0 Å². The smallest absolute Gasteiger partial charge is 0.416 e. The van der Waals surface area contributed by atoms with Gasteiger partial charge >= 0.3 is 15.2 Å². The van der Waals surface area contributed by atoms with Crippen molar-refractivity contribution in [2.45, 2.75) is 0 Å². The van der Waals surface area contributed by atoms with Crippen molar-refractivity contribution in [1.82, 2.24) is 0 Å². The molecule has 3 rings (SSSR count). The molecule has 3 aromatic carbocycles. The molecule has 6 nitrogen and oxygen atoms in total. The van der Waals surface area contributed by atoms with Gasteiger partial charge in [0.2, 0.25) is 0 Å². The molecular weight excluding hydrogens is 398 g/mol. The maximum Gasteiger partial charge on any atom is 0.427 e. The first kappa shape index (κ1) is 20.1. The van der Waals surface area contributed by atoms with E-state index in [4.69, 9.17) is 18.1 Å². The molecule has 0 aliphatic rings. The van der Waals surface area contributed by atoms with E-state index in [-0.39, 0.29) is 11.5 Å². The summed E-state index contributed by atoms with van der Waals surface area (Å²) in [5, 5.41) is 0. The van der Waals surface area contributed by atoms with Crippen LogP contribution in [0.15, 0.2) is 84.9 Å². The van der Waals surface area contributed by atoms with Gasteiger partial charge in [-0.3, -0.25) is 0 Å². The van der Waals surface area contributed by atoms with E-state index in [2.05, 4.69) is 0 Å². The normalized spacial score (nSPS) is 14.9. The third-order valence-corrected chi connectivity index (χ3v) is 5.55. The average molecular weight is 418 g/mol. The van der Waals surface area contributed by atoms with Gasteiger partial charge in [0.15, 0.2) is 0 Å². The molecule has 0 saturated carbocycles. The van der Waals surface area contributed by atoms with Crippen LogP contribution < -0.4 is 18.1 Å². The molecule has 2 unspecified atom stereocenters. The van der Waals surface area contributed by atoms with E-state index < -0.39 is 15.2 Å². The van der Waals surface area contributed by atoms with Gasteiger partial charge in [0.05, 0.1) is 13.3 Å². The van der Waals surface area contributed by atoms with Gasteiger partial charge in [-0.2, -0.15) is 0 Å². The Morgan fingerprint density at radius 1 is 0.500 bits per heavy atom. The van der Waals surface area contributed by atoms with Crippen LogP contribution in [-0.4, -0.2) is 13.3 Å². The van der Waals surface area contributed by atoms with E-state index in [1.807, 2.05) is 12.1 Å². The van der Waals surface area contributed by atoms with Gasteiger partial charge in [0, 0.05) is 6.07 Å². The van der Waals surface area contributed by atoms with E-state index in [9.17, 15) is 9.13 Å². The second-order valence-corrected chi connectivity index (χ2v) is 9.82. The summed E-state index contributed by atoms with van der Waals surface area (Å²) in [5.74, 6) is 1.41. The Morgan fingerprint density at radius 3 is 1.21 bits per heavy atom. The Hall–Kier alpha value is -2.68. The Kier molecular flexibility index (Phi) is 6.13. The average Bonchev–Trinajstić information content (AvgIpc) is 2.62. The summed E-state index contributed by atoms with van der Waals surface area (Å²) >= 11 is 0. The molecule has 0 radical (unpaired) electrons. The fourth-order valence-corrected chi connectivity index (χ4v) is 4.43. The summed E-state index contributed by atoms with van der Waals surface area (Å²) in [6, 6.07) is 23.8. The van der Waals surface area contributed by atoms with Gasteiger partial charge in [-0.05, 0) is 36.4 Å². The summed E-state index contributed by atoms with van der Waals surface area (Å²) in [6.45, 7) is 2.74. The lowest BCUT2D eigenvalue weighted by atomic mass is 10.3. The maximum absolute atomic E-state index is 12.6. The van der Waals surface area contributed by atoms with Crippen molar-refractivity contribution in [1.29, 1.82) is 0 Å². The highest BCUT2D eigenvalue weighted by molar-refractivity contribution is 7.54. The Morgan fingerprint density at radius 2 is 0.821 bits per heavy atom. The summed E-state index contributed by atoms with van der Waals surface area (Å²) < 4.78 is 47.1. The molecule has 0 bridgehead atoms. The zero-order valence-electron chi connectivity index (χ0n) is 15.4. The lowest BCUT2D eigenvalue weighted by Gasteiger charge is -2.18. The molecule has 8 heteroatoms. The van der Waals surface area contributed by atoms with Crippen molar-refractivity contribution >= 4 is 15.2 Å². The SMILES string of the molecule is CP(=O)(Oc1ccccc1)Oc1cccc(OP(C)(=O)Oc2ccccc2)c1. The van der Waals surface area contributed by atoms with Crippen molar-refractivity contribution in [2.75, 3.05) is 13.3 Å². The van der Waals surface area contributed by atoms with Crippen LogP contribution in [-0.2, 0) is 9.13 Å². The molecule has 0 N–H and O–H groups in total. The minimum Gasteiger partial charge on any atom is -0.416 e. The molecule has 28 heavy (non-hydrogen) atoms. The summed E-state index contributed by atoms with van der Waals surface area (Å²) in [5.41, 5.74) is 0. The molecule has 0 amide bonds. The van der Waals surface area contributed by atoms with Crippen LogP contribution in [0.25, 0.3) is 0 Å². The highest BCUT2D eigenvalue weighted by Crippen LogP contribution is 2.48. The predicted octanol–water partition coefficient (Wildman–Crippen LogP) is 6.25. The van der Waals surface area contributed by atoms with Crippen molar-refractivity contribution < 1.29 is 27.2 Å². The van der Waals surface area contributed by atoms with E-state index in [0.717, 1.165) is 0 Å². The highest BCUT2D eigenvalue weighted by Gasteiger charge is 2.23. The first-order valence-corrected chi connectivity index (χ1v) is 12.4. The molecule has 3 aromatic rings. The molecular formula is C20H20O6P2. The lowest BCUT2D eigenvalue weighted by Crippen LogP contribution is -2.01. The second-order valence-electron chi connectivity index (χ2n) is 6.01. The van der Waals surface area contributed by atoms with Crippen molar-refractivity contribution in [2.24, 2.45) is 0 Å². The van der Waals surface area contributed by atoms with Gasteiger partial charge in [-0.1, -0.05) is 42.5 Å². The molecule has 0 aliphatic heterocycles. The zero-order valence-corrected chi connectivity index (χ0v) is 17.2. The molecule has 2 atom stereocenters. The number of hydrogen-bond donors (Lipinski definition) is 0. The summed E-state index contributed by atoms with van der Waals surface area (Å²) in [7, 11) is -6.84. The van der Waals surface area contributed by atoms with Crippen LogP contribution in [0.5, 0.6) is 23.0 Å². The molecule has 0 aromatic heterocycles. The first-order valence-electron chi connectivity index (χ1n) is 8.45. The van der Waals surface area contributed by atoms with E-state index in [1.165, 1.54) is 19.4 Å². The molecule has 146 valence electrons. The van der Waals surface area contributed by atoms with Crippen LogP contribution >= 0.6 is 15.2 Å². The quantitative estimate of drug-likeness (QED) is 0.403. The van der Waals surface area contributed by atoms with Crippen LogP contribution in [0.2, 0.25) is 0 Å². The van der Waals surface area contributed by atoms with Gasteiger partial charge in [-0.25, -0.2) is 9.13 Å². The largest absolute Gasteiger partial charge is 0.427 e. The molecule has 0 saturated heterocycles. The van der Waals surface area contributed by atoms with Gasteiger partial charge in [0.1, 0.15) is 23.0 Å². The van der Waals surface area contributed by atoms with Crippen molar-refractivity contribution in [3.8, 4) is 23.0 Å². The summed E-state index contributed by atoms with van der Waals surface area (Å²) in [6.07, 6.45) is 0. The Balaban J connectivity index is 1.68. The lowest BCUT2D eigenvalue weighted by molar-refractivity contribution is 0.387. The minimum absolute atomic E-state index is 0.263. The monoisotopic (exact) mass is 418 g/mol. The molecule has 0 fully saturated rings. The number of rotatable bonds is 8. The highest BCUT2D eigenvalue weighted by atomic mass is 31.2. The standard InChI is InChI=1S/C20H20O6P2/c1-27(21,23-17-10-5-3-6-11-17)25-19-14-9-15-20(16-19)26-28(2,22)24-18-12-7-4-8-13-18/h3-16H,1-2H3. The Labute approximate surface area is 164 Å². The first-order chi connectivity index (χ1) is 13.3. The summed E-state index contributed by atoms with van der Waals surface area (Å²) in [4.78, 5) is 0. The third-order valence-electron chi connectivity index (χ3n) is 3.38. The van der Waals surface area contributed by atoms with Gasteiger partial charge < -0.3 is 18.1 Å². The molecule has 0 spiro atoms. The Bertz CT molecular complexity index is 929. The number of hydrogen-bond acceptors (Lipinski definition) is 6. The van der Waals surface area contributed by atoms with E-state index >= 15 is 0 Å². The fraction of sp³-hybridized carbons (Fsp3) is 0.100. The van der Waals surface area contributed by atoms with Crippen LogP contribution in [0.4, 0.5) is 0 Å². The fourth-order valence-electron chi connectivity index (χ4n) is 2.35. The van der Waals surface area contributed by atoms with Gasteiger partial charge in [0.25, 0.3) is 0 Å². The van der Waals surface area contributed by atoms with Crippen LogP contribution in [0, 0.1) is 0 Å². The minimum atomic E-state index is -3.42. The zero-order chi connectivity index (χ0) is 20.0.